The molecule has 0 aliphatic carbocycles. The third-order valence-corrected chi connectivity index (χ3v) is 4.71. The van der Waals surface area contributed by atoms with E-state index in [0.29, 0.717) is 17.1 Å². The smallest absolute Gasteiger partial charge is 0.326 e. The second-order valence-corrected chi connectivity index (χ2v) is 6.51. The summed E-state index contributed by atoms with van der Waals surface area (Å²) >= 11 is 1.37. The third-order valence-electron chi connectivity index (χ3n) is 3.67. The van der Waals surface area contributed by atoms with Crippen LogP contribution in [0.4, 0.5) is 0 Å². The molecule has 1 amide bonds. The van der Waals surface area contributed by atoms with Crippen molar-refractivity contribution in [1.29, 1.82) is 0 Å². The molecule has 3 rings (SSSR count). The molecule has 8 heteroatoms. The molecular weight excluding hydrogens is 340 g/mol. The van der Waals surface area contributed by atoms with E-state index in [0.717, 1.165) is 15.8 Å². The van der Waals surface area contributed by atoms with Gasteiger partial charge in [0, 0.05) is 13.2 Å². The van der Waals surface area contributed by atoms with Gasteiger partial charge in [0.2, 0.25) is 0 Å². The molecule has 0 aliphatic heterocycles. The molecule has 2 heterocycles. The standard InChI is InChI=1S/C17H18N4O3S/c1-4-24-15(22)10-21-12-6-5-11(2)9-14(12)25-17(21)19-16(23)13-7-8-18-20(13)3/h5-9H,4,10H2,1-3H3. The summed E-state index contributed by atoms with van der Waals surface area (Å²) in [5, 5.41) is 3.99. The van der Waals surface area contributed by atoms with E-state index in [1.54, 1.807) is 30.8 Å². The van der Waals surface area contributed by atoms with Crippen LogP contribution in [0.5, 0.6) is 0 Å². The van der Waals surface area contributed by atoms with Crippen LogP contribution in [0.25, 0.3) is 10.2 Å². The largest absolute Gasteiger partial charge is 0.465 e. The molecule has 0 saturated heterocycles. The number of rotatable bonds is 4. The number of aromatic nitrogens is 3. The first-order valence-corrected chi connectivity index (χ1v) is 8.64. The second-order valence-electron chi connectivity index (χ2n) is 5.50. The van der Waals surface area contributed by atoms with Crippen molar-refractivity contribution in [2.75, 3.05) is 6.61 Å². The van der Waals surface area contributed by atoms with Gasteiger partial charge in [-0.05, 0) is 37.6 Å². The lowest BCUT2D eigenvalue weighted by molar-refractivity contribution is -0.143. The number of benzene rings is 1. The van der Waals surface area contributed by atoms with Crippen LogP contribution in [-0.2, 0) is 23.1 Å². The molecule has 0 saturated carbocycles. The monoisotopic (exact) mass is 358 g/mol. The van der Waals surface area contributed by atoms with E-state index in [1.807, 2.05) is 25.1 Å². The summed E-state index contributed by atoms with van der Waals surface area (Å²) in [4.78, 5) is 29.1. The van der Waals surface area contributed by atoms with Gasteiger partial charge in [-0.3, -0.25) is 14.3 Å². The van der Waals surface area contributed by atoms with Gasteiger partial charge in [-0.2, -0.15) is 10.1 Å². The molecule has 0 fully saturated rings. The average molecular weight is 358 g/mol. The van der Waals surface area contributed by atoms with Crippen LogP contribution in [0.1, 0.15) is 23.0 Å². The van der Waals surface area contributed by atoms with Crippen LogP contribution < -0.4 is 4.80 Å². The average Bonchev–Trinajstić information content (AvgIpc) is 3.11. The number of carbonyl (C=O) groups excluding carboxylic acids is 2. The Morgan fingerprint density at radius 2 is 2.12 bits per heavy atom. The molecule has 2 aromatic heterocycles. The lowest BCUT2D eigenvalue weighted by Gasteiger charge is -2.05. The van der Waals surface area contributed by atoms with Gasteiger partial charge in [-0.25, -0.2) is 0 Å². The summed E-state index contributed by atoms with van der Waals surface area (Å²) in [5.74, 6) is -0.766. The Bertz CT molecular complexity index is 1010. The molecule has 0 aliphatic rings. The van der Waals surface area contributed by atoms with E-state index < -0.39 is 5.91 Å². The number of esters is 1. The maximum Gasteiger partial charge on any atom is 0.326 e. The molecule has 0 spiro atoms. The summed E-state index contributed by atoms with van der Waals surface area (Å²) in [6.45, 7) is 4.07. The number of aryl methyl sites for hydroxylation is 2. The summed E-state index contributed by atoms with van der Waals surface area (Å²) in [5.41, 5.74) is 2.33. The zero-order valence-electron chi connectivity index (χ0n) is 14.2. The highest BCUT2D eigenvalue weighted by Gasteiger charge is 2.14. The highest BCUT2D eigenvalue weighted by molar-refractivity contribution is 7.16. The van der Waals surface area contributed by atoms with Gasteiger partial charge >= 0.3 is 5.97 Å². The SMILES string of the molecule is CCOC(=O)Cn1c(=NC(=O)c2ccnn2C)sc2cc(C)ccc21. The first-order chi connectivity index (χ1) is 12.0. The van der Waals surface area contributed by atoms with Gasteiger partial charge in [0.15, 0.2) is 4.80 Å². The van der Waals surface area contributed by atoms with Crippen LogP contribution in [0, 0.1) is 6.92 Å². The lowest BCUT2D eigenvalue weighted by Crippen LogP contribution is -2.23. The van der Waals surface area contributed by atoms with E-state index in [-0.39, 0.29) is 12.5 Å². The van der Waals surface area contributed by atoms with E-state index in [9.17, 15) is 9.59 Å². The minimum absolute atomic E-state index is 0.00833. The molecule has 7 nitrogen and oxygen atoms in total. The van der Waals surface area contributed by atoms with Crippen molar-refractivity contribution < 1.29 is 14.3 Å². The molecule has 1 aromatic carbocycles. The fourth-order valence-corrected chi connectivity index (χ4v) is 3.61. The van der Waals surface area contributed by atoms with Gasteiger partial charge in [0.25, 0.3) is 5.91 Å². The Morgan fingerprint density at radius 1 is 1.32 bits per heavy atom. The van der Waals surface area contributed by atoms with Crippen molar-refractivity contribution in [2.24, 2.45) is 12.0 Å². The van der Waals surface area contributed by atoms with Gasteiger partial charge in [0.1, 0.15) is 12.2 Å². The minimum atomic E-state index is -0.402. The number of carbonyl (C=O) groups is 2. The molecule has 0 radical (unpaired) electrons. The second kappa shape index (κ2) is 7.02. The van der Waals surface area contributed by atoms with Crippen LogP contribution in [0.3, 0.4) is 0 Å². The van der Waals surface area contributed by atoms with Crippen LogP contribution in [0.15, 0.2) is 35.5 Å². The Labute approximate surface area is 148 Å². The molecule has 3 aromatic rings. The van der Waals surface area contributed by atoms with Gasteiger partial charge < -0.3 is 9.30 Å². The maximum absolute atomic E-state index is 12.5. The summed E-state index contributed by atoms with van der Waals surface area (Å²) < 4.78 is 9.19. The van der Waals surface area contributed by atoms with Crippen molar-refractivity contribution in [3.8, 4) is 0 Å². The lowest BCUT2D eigenvalue weighted by atomic mass is 10.2. The van der Waals surface area contributed by atoms with E-state index in [4.69, 9.17) is 4.74 Å². The molecule has 0 unspecified atom stereocenters. The highest BCUT2D eigenvalue weighted by atomic mass is 32.1. The third kappa shape index (κ3) is 3.53. The van der Waals surface area contributed by atoms with Crippen molar-refractivity contribution in [1.82, 2.24) is 14.3 Å². The van der Waals surface area contributed by atoms with Crippen molar-refractivity contribution >= 4 is 33.4 Å². The zero-order chi connectivity index (χ0) is 18.0. The fourth-order valence-electron chi connectivity index (χ4n) is 2.48. The summed E-state index contributed by atoms with van der Waals surface area (Å²) in [7, 11) is 1.68. The Kier molecular flexibility index (Phi) is 4.80. The minimum Gasteiger partial charge on any atom is -0.465 e. The first kappa shape index (κ1) is 17.1. The van der Waals surface area contributed by atoms with Gasteiger partial charge in [-0.15, -0.1) is 0 Å². The number of thiazole rings is 1. The van der Waals surface area contributed by atoms with Crippen molar-refractivity contribution in [3.05, 3.63) is 46.5 Å². The molecule has 0 bridgehead atoms. The molecular formula is C17H18N4O3S. The fraction of sp³-hybridized carbons (Fsp3) is 0.294. The Balaban J connectivity index is 2.12. The Hall–Kier alpha value is -2.74. The van der Waals surface area contributed by atoms with E-state index in [1.165, 1.54) is 16.0 Å². The molecule has 25 heavy (non-hydrogen) atoms. The molecule has 130 valence electrons. The van der Waals surface area contributed by atoms with Crippen LogP contribution in [-0.4, -0.2) is 32.8 Å². The highest BCUT2D eigenvalue weighted by Crippen LogP contribution is 2.19. The normalized spacial score (nSPS) is 11.9. The van der Waals surface area contributed by atoms with Gasteiger partial charge in [0.05, 0.1) is 16.8 Å². The van der Waals surface area contributed by atoms with Crippen molar-refractivity contribution in [3.63, 3.8) is 0 Å². The first-order valence-electron chi connectivity index (χ1n) is 7.82. The number of hydrogen-bond acceptors (Lipinski definition) is 5. The predicted octanol–water partition coefficient (Wildman–Crippen LogP) is 2.05. The summed E-state index contributed by atoms with van der Waals surface area (Å²) in [6, 6.07) is 7.51. The number of amides is 1. The van der Waals surface area contributed by atoms with E-state index >= 15 is 0 Å². The van der Waals surface area contributed by atoms with Gasteiger partial charge in [-0.1, -0.05) is 17.4 Å². The maximum atomic E-state index is 12.5. The number of fused-ring (bicyclic) bond motifs is 1. The summed E-state index contributed by atoms with van der Waals surface area (Å²) in [6.07, 6.45) is 1.55. The quantitative estimate of drug-likeness (QED) is 0.669. The topological polar surface area (TPSA) is 78.5 Å². The number of ether oxygens (including phenoxy) is 1. The van der Waals surface area contributed by atoms with Crippen LogP contribution >= 0.6 is 11.3 Å². The van der Waals surface area contributed by atoms with Crippen LogP contribution in [0.2, 0.25) is 0 Å². The van der Waals surface area contributed by atoms with Crippen molar-refractivity contribution in [2.45, 2.75) is 20.4 Å². The number of nitrogens with zero attached hydrogens (tertiary/aromatic N) is 4. The van der Waals surface area contributed by atoms with E-state index in [2.05, 4.69) is 10.1 Å². The zero-order valence-corrected chi connectivity index (χ0v) is 15.0. The molecule has 0 N–H and O–H groups in total. The predicted molar refractivity (Wildman–Crippen MR) is 94.3 cm³/mol. The Morgan fingerprint density at radius 3 is 2.80 bits per heavy atom. The number of hydrogen-bond donors (Lipinski definition) is 0. The molecule has 0 atom stereocenters.